The van der Waals surface area contributed by atoms with Crippen LogP contribution in [0.5, 0.6) is 0 Å². The smallest absolute Gasteiger partial charge is 0.127 e. The lowest BCUT2D eigenvalue weighted by Gasteiger charge is -2.23. The second-order valence-corrected chi connectivity index (χ2v) is 6.33. The molecule has 2 rings (SSSR count). The van der Waals surface area contributed by atoms with E-state index in [-0.39, 0.29) is 5.54 Å². The topological polar surface area (TPSA) is 43.8 Å². The van der Waals surface area contributed by atoms with Crippen LogP contribution in [-0.4, -0.2) is 9.55 Å². The lowest BCUT2D eigenvalue weighted by atomic mass is 9.86. The molecular formula is C14H25N3. The van der Waals surface area contributed by atoms with E-state index < -0.39 is 0 Å². The van der Waals surface area contributed by atoms with Gasteiger partial charge in [0.25, 0.3) is 0 Å². The van der Waals surface area contributed by atoms with Crippen molar-refractivity contribution in [2.24, 2.45) is 5.92 Å². The molecule has 0 unspecified atom stereocenters. The van der Waals surface area contributed by atoms with Gasteiger partial charge in [0.1, 0.15) is 5.82 Å². The molecule has 1 aromatic heterocycles. The zero-order valence-electron chi connectivity index (χ0n) is 11.4. The molecule has 96 valence electrons. The fourth-order valence-corrected chi connectivity index (χ4v) is 2.75. The van der Waals surface area contributed by atoms with Crippen molar-refractivity contribution in [3.63, 3.8) is 0 Å². The summed E-state index contributed by atoms with van der Waals surface area (Å²) in [6, 6.07) is 0. The first kappa shape index (κ1) is 12.5. The van der Waals surface area contributed by atoms with Gasteiger partial charge in [-0.25, -0.2) is 4.98 Å². The van der Waals surface area contributed by atoms with E-state index in [0.717, 1.165) is 23.9 Å². The number of anilines is 1. The van der Waals surface area contributed by atoms with Gasteiger partial charge in [-0.05, 0) is 33.1 Å². The van der Waals surface area contributed by atoms with Crippen LogP contribution in [0.4, 0.5) is 5.82 Å². The quantitative estimate of drug-likeness (QED) is 0.854. The Labute approximate surface area is 104 Å². The Bertz CT molecular complexity index is 367. The third-order valence-corrected chi connectivity index (χ3v) is 3.81. The minimum atomic E-state index is 0.0297. The van der Waals surface area contributed by atoms with Gasteiger partial charge >= 0.3 is 0 Å². The fourth-order valence-electron chi connectivity index (χ4n) is 2.75. The van der Waals surface area contributed by atoms with Crippen LogP contribution in [0.1, 0.15) is 58.6 Å². The Balaban J connectivity index is 2.09. The molecule has 17 heavy (non-hydrogen) atoms. The third kappa shape index (κ3) is 2.82. The second-order valence-electron chi connectivity index (χ2n) is 6.33. The van der Waals surface area contributed by atoms with Crippen LogP contribution in [0.2, 0.25) is 0 Å². The average molecular weight is 235 g/mol. The zero-order valence-corrected chi connectivity index (χ0v) is 11.4. The normalized spacial score (nSPS) is 18.5. The number of hydrogen-bond donors (Lipinski definition) is 1. The van der Waals surface area contributed by atoms with Gasteiger partial charge in [0.15, 0.2) is 0 Å². The molecule has 0 aromatic carbocycles. The van der Waals surface area contributed by atoms with Crippen molar-refractivity contribution in [2.45, 2.75) is 64.8 Å². The summed E-state index contributed by atoms with van der Waals surface area (Å²) in [5.74, 6) is 1.66. The maximum Gasteiger partial charge on any atom is 0.127 e. The predicted octanol–water partition coefficient (Wildman–Crippen LogP) is 3.34. The molecule has 0 bridgehead atoms. The standard InChI is InChI=1S/C14H25N3/c1-14(2,3)17-10-16-12(13(17)15)9-11-7-5-4-6-8-11/h10-11H,4-9,15H2,1-3H3. The summed E-state index contributed by atoms with van der Waals surface area (Å²) in [5, 5.41) is 0. The highest BCUT2D eigenvalue weighted by atomic mass is 15.2. The molecule has 0 spiro atoms. The first-order valence-electron chi connectivity index (χ1n) is 6.80. The first-order valence-corrected chi connectivity index (χ1v) is 6.80. The number of aromatic nitrogens is 2. The van der Waals surface area contributed by atoms with Crippen molar-refractivity contribution in [1.29, 1.82) is 0 Å². The van der Waals surface area contributed by atoms with E-state index in [1.807, 2.05) is 6.33 Å². The highest BCUT2D eigenvalue weighted by Crippen LogP contribution is 2.29. The Morgan fingerprint density at radius 1 is 1.29 bits per heavy atom. The summed E-state index contributed by atoms with van der Waals surface area (Å²) in [6.07, 6.45) is 9.82. The summed E-state index contributed by atoms with van der Waals surface area (Å²) >= 11 is 0. The zero-order chi connectivity index (χ0) is 12.5. The first-order chi connectivity index (χ1) is 7.98. The van der Waals surface area contributed by atoms with Crippen molar-refractivity contribution in [2.75, 3.05) is 5.73 Å². The van der Waals surface area contributed by atoms with E-state index in [0.29, 0.717) is 0 Å². The Morgan fingerprint density at radius 2 is 1.94 bits per heavy atom. The highest BCUT2D eigenvalue weighted by Gasteiger charge is 2.21. The summed E-state index contributed by atoms with van der Waals surface area (Å²) in [4.78, 5) is 4.51. The van der Waals surface area contributed by atoms with Crippen LogP contribution in [-0.2, 0) is 12.0 Å². The maximum absolute atomic E-state index is 6.21. The van der Waals surface area contributed by atoms with Crippen molar-refractivity contribution in [1.82, 2.24) is 9.55 Å². The van der Waals surface area contributed by atoms with Crippen LogP contribution < -0.4 is 5.73 Å². The average Bonchev–Trinajstić information content (AvgIpc) is 2.61. The van der Waals surface area contributed by atoms with Crippen LogP contribution in [0.25, 0.3) is 0 Å². The summed E-state index contributed by atoms with van der Waals surface area (Å²) in [7, 11) is 0. The Kier molecular flexibility index (Phi) is 3.45. The molecular weight excluding hydrogens is 210 g/mol. The minimum Gasteiger partial charge on any atom is -0.384 e. The van der Waals surface area contributed by atoms with E-state index in [9.17, 15) is 0 Å². The highest BCUT2D eigenvalue weighted by molar-refractivity contribution is 5.37. The number of rotatable bonds is 2. The molecule has 1 heterocycles. The van der Waals surface area contributed by atoms with Crippen molar-refractivity contribution in [3.05, 3.63) is 12.0 Å². The van der Waals surface area contributed by atoms with Gasteiger partial charge in [0, 0.05) is 5.54 Å². The van der Waals surface area contributed by atoms with Gasteiger partial charge < -0.3 is 10.3 Å². The number of hydrogen-bond acceptors (Lipinski definition) is 2. The molecule has 1 fully saturated rings. The lowest BCUT2D eigenvalue weighted by Crippen LogP contribution is -2.23. The lowest BCUT2D eigenvalue weighted by molar-refractivity contribution is 0.354. The van der Waals surface area contributed by atoms with Crippen molar-refractivity contribution in [3.8, 4) is 0 Å². The van der Waals surface area contributed by atoms with Gasteiger partial charge in [-0.3, -0.25) is 0 Å². The van der Waals surface area contributed by atoms with Crippen LogP contribution in [0.15, 0.2) is 6.33 Å². The fraction of sp³-hybridized carbons (Fsp3) is 0.786. The number of nitrogens with two attached hydrogens (primary N) is 1. The monoisotopic (exact) mass is 235 g/mol. The molecule has 0 atom stereocenters. The van der Waals surface area contributed by atoms with E-state index >= 15 is 0 Å². The third-order valence-electron chi connectivity index (χ3n) is 3.81. The van der Waals surface area contributed by atoms with E-state index in [2.05, 4.69) is 30.3 Å². The van der Waals surface area contributed by atoms with Gasteiger partial charge in [0.2, 0.25) is 0 Å². The molecule has 1 aliphatic rings. The number of imidazole rings is 1. The predicted molar refractivity (Wildman–Crippen MR) is 71.9 cm³/mol. The van der Waals surface area contributed by atoms with Gasteiger partial charge in [0.05, 0.1) is 12.0 Å². The molecule has 2 N–H and O–H groups in total. The van der Waals surface area contributed by atoms with Crippen molar-refractivity contribution >= 4 is 5.82 Å². The van der Waals surface area contributed by atoms with Crippen molar-refractivity contribution < 1.29 is 0 Å². The molecule has 1 aliphatic carbocycles. The molecule has 3 nitrogen and oxygen atoms in total. The van der Waals surface area contributed by atoms with E-state index in [1.54, 1.807) is 0 Å². The molecule has 3 heteroatoms. The van der Waals surface area contributed by atoms with Crippen LogP contribution >= 0.6 is 0 Å². The van der Waals surface area contributed by atoms with Crippen LogP contribution in [0.3, 0.4) is 0 Å². The van der Waals surface area contributed by atoms with Gasteiger partial charge in [-0.1, -0.05) is 32.1 Å². The molecule has 1 aromatic rings. The Hall–Kier alpha value is -0.990. The second kappa shape index (κ2) is 4.71. The minimum absolute atomic E-state index is 0.0297. The van der Waals surface area contributed by atoms with Crippen LogP contribution in [0, 0.1) is 5.92 Å². The summed E-state index contributed by atoms with van der Waals surface area (Å²) in [5.41, 5.74) is 7.34. The molecule has 0 aliphatic heterocycles. The maximum atomic E-state index is 6.21. The van der Waals surface area contributed by atoms with E-state index in [1.165, 1.54) is 32.1 Å². The molecule has 1 saturated carbocycles. The van der Waals surface area contributed by atoms with Gasteiger partial charge in [-0.2, -0.15) is 0 Å². The number of nitrogen functional groups attached to an aromatic ring is 1. The molecule has 0 radical (unpaired) electrons. The molecule has 0 saturated heterocycles. The summed E-state index contributed by atoms with van der Waals surface area (Å²) in [6.45, 7) is 6.49. The SMILES string of the molecule is CC(C)(C)n1cnc(CC2CCCCC2)c1N. The van der Waals surface area contributed by atoms with Gasteiger partial charge in [-0.15, -0.1) is 0 Å². The molecule has 0 amide bonds. The largest absolute Gasteiger partial charge is 0.384 e. The van der Waals surface area contributed by atoms with E-state index in [4.69, 9.17) is 5.73 Å². The number of nitrogens with zero attached hydrogens (tertiary/aromatic N) is 2. The summed E-state index contributed by atoms with van der Waals surface area (Å²) < 4.78 is 2.09. The Morgan fingerprint density at radius 3 is 2.47 bits per heavy atom.